The molecule has 0 aliphatic carbocycles. The number of aromatic nitrogens is 2. The van der Waals surface area contributed by atoms with E-state index < -0.39 is 5.91 Å². The molecule has 1 heterocycles. The molecule has 3 aromatic rings. The number of hydrogen-bond acceptors (Lipinski definition) is 4. The zero-order chi connectivity index (χ0) is 18.7. The Kier molecular flexibility index (Phi) is 5.35. The van der Waals surface area contributed by atoms with Crippen LogP contribution in [0.3, 0.4) is 0 Å². The average molecular weight is 389 g/mol. The van der Waals surface area contributed by atoms with Gasteiger partial charge in [-0.2, -0.15) is 10.2 Å². The maximum Gasteiger partial charge on any atom is 0.292 e. The van der Waals surface area contributed by atoms with Gasteiger partial charge in [0.1, 0.15) is 0 Å². The van der Waals surface area contributed by atoms with Crippen LogP contribution in [-0.2, 0) is 6.54 Å². The van der Waals surface area contributed by atoms with E-state index in [4.69, 9.17) is 23.2 Å². The highest BCUT2D eigenvalue weighted by molar-refractivity contribution is 6.43. The molecule has 0 aliphatic rings. The summed E-state index contributed by atoms with van der Waals surface area (Å²) < 4.78 is 1.24. The largest absolute Gasteiger partial charge is 0.292 e. The monoisotopic (exact) mass is 388 g/mol. The molecule has 0 saturated carbocycles. The molecule has 0 fully saturated rings. The highest BCUT2D eigenvalue weighted by Crippen LogP contribution is 2.24. The van der Waals surface area contributed by atoms with Crippen molar-refractivity contribution in [1.29, 1.82) is 0 Å². The first-order valence-corrected chi connectivity index (χ1v) is 8.55. The molecule has 1 amide bonds. The minimum atomic E-state index is -0.530. The second-order valence-corrected chi connectivity index (χ2v) is 6.14. The van der Waals surface area contributed by atoms with Crippen molar-refractivity contribution in [3.8, 4) is 0 Å². The van der Waals surface area contributed by atoms with Crippen molar-refractivity contribution >= 4 is 46.1 Å². The number of nitrogens with zero attached hydrogens (tertiary/aromatic N) is 3. The molecule has 3 rings (SSSR count). The van der Waals surface area contributed by atoms with E-state index in [2.05, 4.69) is 15.6 Å². The number of carbonyl (C=O) groups is 1. The Labute approximate surface area is 159 Å². The number of rotatable bonds is 4. The van der Waals surface area contributed by atoms with Gasteiger partial charge in [0, 0.05) is 17.5 Å². The van der Waals surface area contributed by atoms with Gasteiger partial charge in [0.25, 0.3) is 11.5 Å². The summed E-state index contributed by atoms with van der Waals surface area (Å²) >= 11 is 12.0. The Hall–Kier alpha value is -2.70. The van der Waals surface area contributed by atoms with Crippen molar-refractivity contribution < 1.29 is 4.79 Å². The van der Waals surface area contributed by atoms with Crippen molar-refractivity contribution in [3.63, 3.8) is 0 Å². The molecule has 6 nitrogen and oxygen atoms in total. The summed E-state index contributed by atoms with van der Waals surface area (Å²) in [5.74, 6) is -0.530. The second-order valence-electron chi connectivity index (χ2n) is 5.36. The number of carbonyl (C=O) groups excluding carboxylic acids is 1. The van der Waals surface area contributed by atoms with Gasteiger partial charge in [0.2, 0.25) is 0 Å². The summed E-state index contributed by atoms with van der Waals surface area (Å²) in [4.78, 5) is 24.8. The van der Waals surface area contributed by atoms with Gasteiger partial charge in [-0.05, 0) is 19.1 Å². The van der Waals surface area contributed by atoms with Crippen LogP contribution >= 0.6 is 23.2 Å². The van der Waals surface area contributed by atoms with Crippen LogP contribution in [0.15, 0.2) is 52.4 Å². The lowest BCUT2D eigenvalue weighted by Crippen LogP contribution is -2.28. The number of hydrazone groups is 1. The smallest absolute Gasteiger partial charge is 0.267 e. The number of halogens is 2. The number of amides is 1. The molecule has 8 heteroatoms. The van der Waals surface area contributed by atoms with E-state index in [-0.39, 0.29) is 11.3 Å². The molecule has 0 aliphatic heterocycles. The predicted octanol–water partition coefficient (Wildman–Crippen LogP) is 3.49. The zero-order valence-electron chi connectivity index (χ0n) is 13.7. The van der Waals surface area contributed by atoms with Crippen molar-refractivity contribution in [1.82, 2.24) is 15.2 Å². The summed E-state index contributed by atoms with van der Waals surface area (Å²) in [5, 5.41) is 9.69. The van der Waals surface area contributed by atoms with Crippen molar-refractivity contribution in [2.45, 2.75) is 13.5 Å². The molecule has 0 unspecified atom stereocenters. The fraction of sp³-hybridized carbons (Fsp3) is 0.111. The van der Waals surface area contributed by atoms with Crippen molar-refractivity contribution in [2.24, 2.45) is 5.10 Å². The molecule has 0 radical (unpaired) electrons. The van der Waals surface area contributed by atoms with Gasteiger partial charge in [-0.1, -0.05) is 53.5 Å². The second kappa shape index (κ2) is 7.68. The highest BCUT2D eigenvalue weighted by Gasteiger charge is 2.15. The standard InChI is InChI=1S/C18H14Cl2N4O2/c1-2-24-18(26)13-8-4-3-7-12(13)16(23-24)17(25)22-21-10-11-6-5-9-14(19)15(11)20/h3-10H,2H2,1H3,(H,22,25)/b21-10-. The van der Waals surface area contributed by atoms with E-state index in [1.807, 2.05) is 0 Å². The third kappa shape index (κ3) is 3.47. The van der Waals surface area contributed by atoms with E-state index in [0.717, 1.165) is 0 Å². The van der Waals surface area contributed by atoms with Crippen molar-refractivity contribution in [3.05, 3.63) is 74.1 Å². The number of aryl methyl sites for hydroxylation is 1. The molecule has 0 bridgehead atoms. The van der Waals surface area contributed by atoms with Gasteiger partial charge in [-0.15, -0.1) is 0 Å². The Balaban J connectivity index is 1.93. The molecule has 1 aromatic heterocycles. The first-order valence-electron chi connectivity index (χ1n) is 7.80. The molecular formula is C18H14Cl2N4O2. The Morgan fingerprint density at radius 3 is 2.65 bits per heavy atom. The van der Waals surface area contributed by atoms with Gasteiger partial charge in [-0.25, -0.2) is 10.1 Å². The fourth-order valence-electron chi connectivity index (χ4n) is 2.45. The van der Waals surface area contributed by atoms with Crippen LogP contribution in [0, 0.1) is 0 Å². The molecule has 1 N–H and O–H groups in total. The van der Waals surface area contributed by atoms with E-state index in [1.54, 1.807) is 49.4 Å². The fourth-order valence-corrected chi connectivity index (χ4v) is 2.81. The number of benzene rings is 2. The van der Waals surface area contributed by atoms with Gasteiger partial charge >= 0.3 is 0 Å². The summed E-state index contributed by atoms with van der Waals surface area (Å²) in [6.45, 7) is 2.13. The van der Waals surface area contributed by atoms with Crippen LogP contribution in [0.25, 0.3) is 10.8 Å². The van der Waals surface area contributed by atoms with E-state index in [1.165, 1.54) is 10.9 Å². The van der Waals surface area contributed by atoms with Crippen LogP contribution in [0.5, 0.6) is 0 Å². The minimum absolute atomic E-state index is 0.122. The van der Waals surface area contributed by atoms with Crippen molar-refractivity contribution in [2.75, 3.05) is 0 Å². The van der Waals surface area contributed by atoms with E-state index in [9.17, 15) is 9.59 Å². The van der Waals surface area contributed by atoms with Gasteiger partial charge < -0.3 is 0 Å². The topological polar surface area (TPSA) is 76.3 Å². The third-order valence-electron chi connectivity index (χ3n) is 3.73. The minimum Gasteiger partial charge on any atom is -0.267 e. The lowest BCUT2D eigenvalue weighted by molar-refractivity contribution is 0.0949. The molecule has 0 spiro atoms. The lowest BCUT2D eigenvalue weighted by Gasteiger charge is -2.08. The van der Waals surface area contributed by atoms with Crippen LogP contribution in [0.1, 0.15) is 23.0 Å². The summed E-state index contributed by atoms with van der Waals surface area (Å²) in [6, 6.07) is 11.9. The maximum atomic E-state index is 12.5. The average Bonchev–Trinajstić information content (AvgIpc) is 2.65. The zero-order valence-corrected chi connectivity index (χ0v) is 15.3. The van der Waals surface area contributed by atoms with Crippen LogP contribution in [-0.4, -0.2) is 21.9 Å². The van der Waals surface area contributed by atoms with Crippen LogP contribution < -0.4 is 11.0 Å². The normalized spacial score (nSPS) is 11.2. The maximum absolute atomic E-state index is 12.5. The number of hydrogen-bond donors (Lipinski definition) is 1. The Morgan fingerprint density at radius 2 is 1.92 bits per heavy atom. The van der Waals surface area contributed by atoms with Gasteiger partial charge in [0.05, 0.1) is 21.6 Å². The van der Waals surface area contributed by atoms with Crippen LogP contribution in [0.4, 0.5) is 0 Å². The van der Waals surface area contributed by atoms with Gasteiger partial charge in [0.15, 0.2) is 5.69 Å². The number of nitrogens with one attached hydrogen (secondary N) is 1. The SMILES string of the molecule is CCn1nc(C(=O)N/N=C\c2cccc(Cl)c2Cl)c2ccccc2c1=O. The lowest BCUT2D eigenvalue weighted by atomic mass is 10.1. The Bertz CT molecular complexity index is 1080. The third-order valence-corrected chi connectivity index (χ3v) is 4.57. The molecular weight excluding hydrogens is 375 g/mol. The quantitative estimate of drug-likeness (QED) is 0.548. The number of fused-ring (bicyclic) bond motifs is 1. The molecule has 26 heavy (non-hydrogen) atoms. The predicted molar refractivity (Wildman–Crippen MR) is 103 cm³/mol. The highest BCUT2D eigenvalue weighted by atomic mass is 35.5. The molecule has 2 aromatic carbocycles. The molecule has 0 atom stereocenters. The summed E-state index contributed by atoms with van der Waals surface area (Å²) in [7, 11) is 0. The Morgan fingerprint density at radius 1 is 1.19 bits per heavy atom. The first kappa shape index (κ1) is 18.1. The van der Waals surface area contributed by atoms with E-state index in [0.29, 0.717) is 32.9 Å². The first-order chi connectivity index (χ1) is 12.5. The van der Waals surface area contributed by atoms with Crippen LogP contribution in [0.2, 0.25) is 10.0 Å². The molecule has 132 valence electrons. The summed E-state index contributed by atoms with van der Waals surface area (Å²) in [6.07, 6.45) is 1.39. The van der Waals surface area contributed by atoms with E-state index >= 15 is 0 Å². The van der Waals surface area contributed by atoms with Gasteiger partial charge in [-0.3, -0.25) is 9.59 Å². The summed E-state index contributed by atoms with van der Waals surface area (Å²) in [5.41, 5.74) is 2.85. The molecule has 0 saturated heterocycles.